The summed E-state index contributed by atoms with van der Waals surface area (Å²) in [6, 6.07) is 10.2. The van der Waals surface area contributed by atoms with Crippen molar-refractivity contribution in [3.63, 3.8) is 0 Å². The van der Waals surface area contributed by atoms with Crippen molar-refractivity contribution in [3.8, 4) is 0 Å². The molecule has 0 saturated heterocycles. The Bertz CT molecular complexity index is 605. The minimum Gasteiger partial charge on any atom is -0.305 e. The number of nitrogens with zero attached hydrogens (tertiary/aromatic N) is 2. The molecule has 2 rings (SSSR count). The lowest BCUT2D eigenvalue weighted by molar-refractivity contribution is -0.384. The summed E-state index contributed by atoms with van der Waals surface area (Å²) < 4.78 is 0. The second kappa shape index (κ2) is 6.45. The van der Waals surface area contributed by atoms with Gasteiger partial charge in [-0.1, -0.05) is 17.7 Å². The first-order chi connectivity index (χ1) is 9.58. The van der Waals surface area contributed by atoms with Crippen molar-refractivity contribution < 1.29 is 4.92 Å². The van der Waals surface area contributed by atoms with Gasteiger partial charge in [0.1, 0.15) is 0 Å². The summed E-state index contributed by atoms with van der Waals surface area (Å²) in [6.07, 6.45) is 1.73. The van der Waals surface area contributed by atoms with Crippen LogP contribution in [-0.4, -0.2) is 9.91 Å². The van der Waals surface area contributed by atoms with Gasteiger partial charge >= 0.3 is 0 Å². The average Bonchev–Trinajstić information content (AvgIpc) is 2.46. The molecule has 20 heavy (non-hydrogen) atoms. The van der Waals surface area contributed by atoms with Crippen LogP contribution in [0.1, 0.15) is 24.2 Å². The fraction of sp³-hybridized carbons (Fsp3) is 0.214. The van der Waals surface area contributed by atoms with E-state index >= 15 is 0 Å². The molecule has 1 unspecified atom stereocenters. The number of rotatable bonds is 5. The van der Waals surface area contributed by atoms with Crippen LogP contribution in [0.5, 0.6) is 0 Å². The van der Waals surface area contributed by atoms with Crippen LogP contribution in [0.25, 0.3) is 0 Å². The molecule has 0 radical (unpaired) electrons. The summed E-state index contributed by atoms with van der Waals surface area (Å²) >= 11 is 6.05. The van der Waals surface area contributed by atoms with Crippen LogP contribution in [0.3, 0.4) is 0 Å². The zero-order chi connectivity index (χ0) is 14.5. The first kappa shape index (κ1) is 14.4. The number of nitrogens with one attached hydrogen (secondary N) is 1. The lowest BCUT2D eigenvalue weighted by Crippen LogP contribution is -2.19. The molecule has 0 aliphatic carbocycles. The summed E-state index contributed by atoms with van der Waals surface area (Å²) in [4.78, 5) is 14.6. The normalized spacial score (nSPS) is 12.1. The highest BCUT2D eigenvalue weighted by molar-refractivity contribution is 6.31. The number of hydrogen-bond donors (Lipinski definition) is 1. The lowest BCUT2D eigenvalue weighted by Gasteiger charge is -2.13. The van der Waals surface area contributed by atoms with Gasteiger partial charge in [-0.2, -0.15) is 0 Å². The number of halogens is 1. The van der Waals surface area contributed by atoms with E-state index in [1.807, 2.05) is 25.1 Å². The second-order valence-electron chi connectivity index (χ2n) is 4.39. The van der Waals surface area contributed by atoms with Crippen LogP contribution in [0.4, 0.5) is 5.69 Å². The Balaban J connectivity index is 2.07. The van der Waals surface area contributed by atoms with Crippen molar-refractivity contribution in [2.75, 3.05) is 0 Å². The van der Waals surface area contributed by atoms with Crippen molar-refractivity contribution in [2.24, 2.45) is 0 Å². The minimum absolute atomic E-state index is 0.0338. The highest BCUT2D eigenvalue weighted by atomic mass is 35.5. The topological polar surface area (TPSA) is 68.1 Å². The molecule has 5 nitrogen and oxygen atoms in total. The molecule has 6 heteroatoms. The first-order valence-corrected chi connectivity index (χ1v) is 6.53. The van der Waals surface area contributed by atoms with Gasteiger partial charge in [0.2, 0.25) is 0 Å². The number of aromatic nitrogens is 1. The monoisotopic (exact) mass is 291 g/mol. The summed E-state index contributed by atoms with van der Waals surface area (Å²) in [6.45, 7) is 2.42. The number of non-ortho nitro benzene ring substituents is 1. The van der Waals surface area contributed by atoms with Gasteiger partial charge in [-0.15, -0.1) is 0 Å². The Morgan fingerprint density at radius 1 is 1.40 bits per heavy atom. The summed E-state index contributed by atoms with van der Waals surface area (Å²) in [5, 5.41) is 14.5. The van der Waals surface area contributed by atoms with Crippen molar-refractivity contribution in [1.82, 2.24) is 10.3 Å². The SMILES string of the molecule is CC(NCc1cc([N+](=O)[O-])ccc1Cl)c1ccccn1. The predicted molar refractivity (Wildman–Crippen MR) is 77.6 cm³/mol. The van der Waals surface area contributed by atoms with E-state index in [0.29, 0.717) is 17.1 Å². The van der Waals surface area contributed by atoms with Gasteiger partial charge in [0, 0.05) is 35.9 Å². The largest absolute Gasteiger partial charge is 0.305 e. The van der Waals surface area contributed by atoms with Crippen LogP contribution in [0.15, 0.2) is 42.6 Å². The molecule has 0 spiro atoms. The zero-order valence-electron chi connectivity index (χ0n) is 10.9. The summed E-state index contributed by atoms with van der Waals surface area (Å²) in [5.41, 5.74) is 1.65. The number of benzene rings is 1. The third-order valence-electron chi connectivity index (χ3n) is 2.97. The second-order valence-corrected chi connectivity index (χ2v) is 4.80. The van der Waals surface area contributed by atoms with Crippen LogP contribution < -0.4 is 5.32 Å². The quantitative estimate of drug-likeness (QED) is 0.676. The van der Waals surface area contributed by atoms with E-state index < -0.39 is 4.92 Å². The van der Waals surface area contributed by atoms with Gasteiger partial charge in [-0.3, -0.25) is 15.1 Å². The first-order valence-electron chi connectivity index (χ1n) is 6.15. The molecule has 1 heterocycles. The number of pyridine rings is 1. The summed E-state index contributed by atoms with van der Waals surface area (Å²) in [7, 11) is 0. The van der Waals surface area contributed by atoms with Crippen molar-refractivity contribution >= 4 is 17.3 Å². The molecule has 1 aromatic carbocycles. The molecule has 0 fully saturated rings. The Morgan fingerprint density at radius 3 is 2.85 bits per heavy atom. The molecule has 0 saturated carbocycles. The van der Waals surface area contributed by atoms with E-state index in [9.17, 15) is 10.1 Å². The maximum atomic E-state index is 10.8. The number of nitro benzene ring substituents is 1. The van der Waals surface area contributed by atoms with E-state index in [0.717, 1.165) is 5.69 Å². The number of nitro groups is 1. The van der Waals surface area contributed by atoms with E-state index in [-0.39, 0.29) is 11.7 Å². The van der Waals surface area contributed by atoms with Gasteiger partial charge in [0.05, 0.1) is 10.6 Å². The van der Waals surface area contributed by atoms with Gasteiger partial charge in [-0.05, 0) is 30.7 Å². The lowest BCUT2D eigenvalue weighted by atomic mass is 10.1. The zero-order valence-corrected chi connectivity index (χ0v) is 11.7. The molecule has 104 valence electrons. The maximum absolute atomic E-state index is 10.8. The molecular formula is C14H14ClN3O2. The van der Waals surface area contributed by atoms with Crippen molar-refractivity contribution in [2.45, 2.75) is 19.5 Å². The molecule has 0 aliphatic heterocycles. The Hall–Kier alpha value is -1.98. The highest BCUT2D eigenvalue weighted by Gasteiger charge is 2.11. The predicted octanol–water partition coefficient (Wildman–Crippen LogP) is 3.49. The minimum atomic E-state index is -0.429. The standard InChI is InChI=1S/C14H14ClN3O2/c1-10(14-4-2-3-7-16-14)17-9-11-8-12(18(19)20)5-6-13(11)15/h2-8,10,17H,9H2,1H3. The maximum Gasteiger partial charge on any atom is 0.269 e. The average molecular weight is 292 g/mol. The van der Waals surface area contributed by atoms with Crippen LogP contribution in [0.2, 0.25) is 5.02 Å². The fourth-order valence-electron chi connectivity index (χ4n) is 1.81. The van der Waals surface area contributed by atoms with E-state index in [2.05, 4.69) is 10.3 Å². The third-order valence-corrected chi connectivity index (χ3v) is 3.34. The molecule has 1 atom stereocenters. The Morgan fingerprint density at radius 2 is 2.20 bits per heavy atom. The molecule has 2 aromatic rings. The number of hydrogen-bond acceptors (Lipinski definition) is 4. The van der Waals surface area contributed by atoms with Crippen LogP contribution in [0, 0.1) is 10.1 Å². The van der Waals surface area contributed by atoms with Crippen molar-refractivity contribution in [3.05, 3.63) is 69.0 Å². The smallest absolute Gasteiger partial charge is 0.269 e. The highest BCUT2D eigenvalue weighted by Crippen LogP contribution is 2.22. The van der Waals surface area contributed by atoms with Crippen molar-refractivity contribution in [1.29, 1.82) is 0 Å². The third kappa shape index (κ3) is 3.53. The fourth-order valence-corrected chi connectivity index (χ4v) is 1.99. The van der Waals surface area contributed by atoms with E-state index in [1.54, 1.807) is 12.3 Å². The van der Waals surface area contributed by atoms with Gasteiger partial charge in [0.15, 0.2) is 0 Å². The molecule has 0 bridgehead atoms. The molecule has 0 aliphatic rings. The van der Waals surface area contributed by atoms with Gasteiger partial charge in [0.25, 0.3) is 5.69 Å². The summed E-state index contributed by atoms with van der Waals surface area (Å²) in [5.74, 6) is 0. The molecular weight excluding hydrogens is 278 g/mol. The van der Waals surface area contributed by atoms with Crippen LogP contribution >= 0.6 is 11.6 Å². The van der Waals surface area contributed by atoms with E-state index in [4.69, 9.17) is 11.6 Å². The van der Waals surface area contributed by atoms with Crippen LogP contribution in [-0.2, 0) is 6.54 Å². The molecule has 1 aromatic heterocycles. The van der Waals surface area contributed by atoms with Gasteiger partial charge in [-0.25, -0.2) is 0 Å². The van der Waals surface area contributed by atoms with Gasteiger partial charge < -0.3 is 5.32 Å². The molecule has 0 amide bonds. The Kier molecular flexibility index (Phi) is 4.65. The molecule has 1 N–H and O–H groups in total. The van der Waals surface area contributed by atoms with E-state index in [1.165, 1.54) is 12.1 Å². The Labute approximate surface area is 121 Å².